The zero-order valence-corrected chi connectivity index (χ0v) is 19.1. The fourth-order valence-corrected chi connectivity index (χ4v) is 4.25. The average Bonchev–Trinajstić information content (AvgIpc) is 2.71. The molecule has 0 amide bonds. The molecule has 0 spiro atoms. The molecule has 1 nitrogen and oxygen atoms in total. The molecule has 0 unspecified atom stereocenters. The number of phenolic OH excluding ortho intramolecular Hbond substituents is 1. The Bertz CT molecular complexity index is 418. The fourth-order valence-electron chi connectivity index (χ4n) is 4.25. The topological polar surface area (TPSA) is 20.2 Å². The summed E-state index contributed by atoms with van der Waals surface area (Å²) in [5, 5.41) is 9.48. The van der Waals surface area contributed by atoms with Crippen molar-refractivity contribution in [2.24, 2.45) is 5.92 Å². The lowest BCUT2D eigenvalue weighted by molar-refractivity contribution is 0.380. The van der Waals surface area contributed by atoms with E-state index in [1.54, 1.807) is 0 Å². The van der Waals surface area contributed by atoms with E-state index < -0.39 is 0 Å². The average molecular weight is 389 g/mol. The van der Waals surface area contributed by atoms with E-state index in [4.69, 9.17) is 0 Å². The van der Waals surface area contributed by atoms with Gasteiger partial charge in [-0.25, -0.2) is 0 Å². The predicted molar refractivity (Wildman–Crippen MR) is 125 cm³/mol. The number of hydrogen-bond donors (Lipinski definition) is 1. The number of phenols is 1. The molecule has 0 saturated carbocycles. The van der Waals surface area contributed by atoms with Crippen molar-refractivity contribution in [3.05, 3.63) is 29.8 Å². The van der Waals surface area contributed by atoms with Gasteiger partial charge in [-0.1, -0.05) is 129 Å². The predicted octanol–water partition coefficient (Wildman–Crippen LogP) is 9.22. The molecule has 1 rings (SSSR count). The van der Waals surface area contributed by atoms with Crippen LogP contribution in [0.4, 0.5) is 0 Å². The molecule has 0 aliphatic carbocycles. The highest BCUT2D eigenvalue weighted by atomic mass is 16.3. The van der Waals surface area contributed by atoms with Crippen LogP contribution in [0.25, 0.3) is 0 Å². The Morgan fingerprint density at radius 1 is 0.571 bits per heavy atom. The maximum atomic E-state index is 9.48. The van der Waals surface area contributed by atoms with E-state index in [1.165, 1.54) is 115 Å². The summed E-state index contributed by atoms with van der Waals surface area (Å²) in [6.45, 7) is 4.59. The second-order valence-electron chi connectivity index (χ2n) is 8.89. The molecule has 0 bridgehead atoms. The van der Waals surface area contributed by atoms with Gasteiger partial charge in [0, 0.05) is 0 Å². The first-order valence-corrected chi connectivity index (χ1v) is 12.5. The smallest absolute Gasteiger partial charge is 0.115 e. The van der Waals surface area contributed by atoms with Crippen molar-refractivity contribution < 1.29 is 5.11 Å². The number of aromatic hydroxyl groups is 1. The molecule has 0 fully saturated rings. The monoisotopic (exact) mass is 388 g/mol. The van der Waals surface area contributed by atoms with Crippen LogP contribution in [0, 0.1) is 5.92 Å². The summed E-state index contributed by atoms with van der Waals surface area (Å²) < 4.78 is 0. The molecule has 1 aromatic rings. The van der Waals surface area contributed by atoms with Gasteiger partial charge in [-0.3, -0.25) is 0 Å². The molecular weight excluding hydrogens is 340 g/mol. The fraction of sp³-hybridized carbons (Fsp3) is 0.778. The van der Waals surface area contributed by atoms with Gasteiger partial charge in [0.1, 0.15) is 5.75 Å². The van der Waals surface area contributed by atoms with E-state index in [2.05, 4.69) is 26.0 Å². The van der Waals surface area contributed by atoms with E-state index in [-0.39, 0.29) is 0 Å². The second-order valence-corrected chi connectivity index (χ2v) is 8.89. The SMILES string of the molecule is CCCCCCCCCC(CCCCCCCCC)CCc1ccc(O)cc1. The number of unbranched alkanes of at least 4 members (excludes halogenated alkanes) is 12. The Balaban J connectivity index is 2.24. The number of hydrogen-bond acceptors (Lipinski definition) is 1. The maximum absolute atomic E-state index is 9.48. The van der Waals surface area contributed by atoms with Gasteiger partial charge >= 0.3 is 0 Å². The van der Waals surface area contributed by atoms with Crippen molar-refractivity contribution in [1.82, 2.24) is 0 Å². The molecule has 1 heteroatoms. The largest absolute Gasteiger partial charge is 0.508 e. The summed E-state index contributed by atoms with van der Waals surface area (Å²) in [7, 11) is 0. The first-order chi connectivity index (χ1) is 13.8. The minimum atomic E-state index is 0.381. The zero-order valence-electron chi connectivity index (χ0n) is 19.1. The van der Waals surface area contributed by atoms with Crippen molar-refractivity contribution in [3.8, 4) is 5.75 Å². The van der Waals surface area contributed by atoms with Crippen molar-refractivity contribution in [3.63, 3.8) is 0 Å². The molecule has 1 aromatic carbocycles. The minimum absolute atomic E-state index is 0.381. The van der Waals surface area contributed by atoms with E-state index in [0.29, 0.717) is 5.75 Å². The third-order valence-electron chi connectivity index (χ3n) is 6.21. The van der Waals surface area contributed by atoms with Crippen LogP contribution in [0.15, 0.2) is 24.3 Å². The molecular formula is C27H48O. The van der Waals surface area contributed by atoms with Crippen LogP contribution in [-0.2, 0) is 6.42 Å². The van der Waals surface area contributed by atoms with E-state index in [1.807, 2.05) is 12.1 Å². The Morgan fingerprint density at radius 2 is 1.00 bits per heavy atom. The Hall–Kier alpha value is -0.980. The molecule has 0 aromatic heterocycles. The zero-order chi connectivity index (χ0) is 20.3. The Morgan fingerprint density at radius 3 is 1.46 bits per heavy atom. The van der Waals surface area contributed by atoms with Crippen LogP contribution in [0.3, 0.4) is 0 Å². The third kappa shape index (κ3) is 14.1. The van der Waals surface area contributed by atoms with Gasteiger partial charge in [0.25, 0.3) is 0 Å². The quantitative estimate of drug-likeness (QED) is 0.234. The highest BCUT2D eigenvalue weighted by molar-refractivity contribution is 5.25. The number of aryl methyl sites for hydroxylation is 1. The van der Waals surface area contributed by atoms with Gasteiger partial charge in [0.2, 0.25) is 0 Å². The van der Waals surface area contributed by atoms with Gasteiger partial charge in [-0.05, 0) is 36.5 Å². The first-order valence-electron chi connectivity index (χ1n) is 12.5. The van der Waals surface area contributed by atoms with Gasteiger partial charge in [-0.15, -0.1) is 0 Å². The molecule has 0 saturated heterocycles. The lowest BCUT2D eigenvalue weighted by Crippen LogP contribution is -2.03. The molecule has 0 aliphatic rings. The van der Waals surface area contributed by atoms with Crippen LogP contribution in [-0.4, -0.2) is 5.11 Å². The van der Waals surface area contributed by atoms with Crippen molar-refractivity contribution in [2.45, 2.75) is 129 Å². The van der Waals surface area contributed by atoms with Crippen molar-refractivity contribution in [2.75, 3.05) is 0 Å². The van der Waals surface area contributed by atoms with E-state index in [0.717, 1.165) is 12.3 Å². The van der Waals surface area contributed by atoms with Crippen LogP contribution in [0.2, 0.25) is 0 Å². The lowest BCUT2D eigenvalue weighted by atomic mass is 9.89. The maximum Gasteiger partial charge on any atom is 0.115 e. The molecule has 28 heavy (non-hydrogen) atoms. The van der Waals surface area contributed by atoms with E-state index in [9.17, 15) is 5.11 Å². The third-order valence-corrected chi connectivity index (χ3v) is 6.21. The molecule has 0 heterocycles. The van der Waals surface area contributed by atoms with Crippen molar-refractivity contribution in [1.29, 1.82) is 0 Å². The van der Waals surface area contributed by atoms with Crippen molar-refractivity contribution >= 4 is 0 Å². The lowest BCUT2D eigenvalue weighted by Gasteiger charge is -2.17. The first kappa shape index (κ1) is 25.1. The normalized spacial score (nSPS) is 11.4. The molecule has 0 aliphatic heterocycles. The molecule has 1 N–H and O–H groups in total. The van der Waals surface area contributed by atoms with Gasteiger partial charge in [0.05, 0.1) is 0 Å². The van der Waals surface area contributed by atoms with Gasteiger partial charge in [0.15, 0.2) is 0 Å². The van der Waals surface area contributed by atoms with Crippen LogP contribution >= 0.6 is 0 Å². The Labute approximate surface area is 176 Å². The highest BCUT2D eigenvalue weighted by Crippen LogP contribution is 2.24. The summed E-state index contributed by atoms with van der Waals surface area (Å²) in [4.78, 5) is 0. The summed E-state index contributed by atoms with van der Waals surface area (Å²) >= 11 is 0. The summed E-state index contributed by atoms with van der Waals surface area (Å²) in [5.74, 6) is 1.27. The molecule has 162 valence electrons. The highest BCUT2D eigenvalue weighted by Gasteiger charge is 2.09. The van der Waals surface area contributed by atoms with Crippen LogP contribution < -0.4 is 0 Å². The molecule has 0 radical (unpaired) electrons. The number of rotatable bonds is 19. The van der Waals surface area contributed by atoms with E-state index >= 15 is 0 Å². The van der Waals surface area contributed by atoms with Crippen LogP contribution in [0.5, 0.6) is 5.75 Å². The summed E-state index contributed by atoms with van der Waals surface area (Å²) in [5.41, 5.74) is 1.38. The van der Waals surface area contributed by atoms with Crippen LogP contribution in [0.1, 0.15) is 129 Å². The second kappa shape index (κ2) is 18.1. The summed E-state index contributed by atoms with van der Waals surface area (Å²) in [6, 6.07) is 7.84. The van der Waals surface area contributed by atoms with Gasteiger partial charge < -0.3 is 5.11 Å². The summed E-state index contributed by atoms with van der Waals surface area (Å²) in [6.07, 6.45) is 25.1. The minimum Gasteiger partial charge on any atom is -0.508 e. The van der Waals surface area contributed by atoms with Gasteiger partial charge in [-0.2, -0.15) is 0 Å². The standard InChI is InChI=1S/C27H48O/c1-3-5-7-9-11-13-15-17-25(18-16-14-12-10-8-6-4-2)19-20-26-21-23-27(28)24-22-26/h21-25,28H,3-20H2,1-2H3. The molecule has 0 atom stereocenters. The Kier molecular flexibility index (Phi) is 16.2. The number of benzene rings is 1.